The molecule has 3 aromatic rings. The predicted molar refractivity (Wildman–Crippen MR) is 87.0 cm³/mol. The first-order valence-electron chi connectivity index (χ1n) is 6.84. The van der Waals surface area contributed by atoms with Gasteiger partial charge in [-0.05, 0) is 37.6 Å². The third-order valence-electron chi connectivity index (χ3n) is 3.08. The summed E-state index contributed by atoms with van der Waals surface area (Å²) in [6, 6.07) is 4.76. The van der Waals surface area contributed by atoms with Crippen LogP contribution < -0.4 is 5.32 Å². The topological polar surface area (TPSA) is 67.8 Å². The van der Waals surface area contributed by atoms with Crippen LogP contribution >= 0.6 is 11.3 Å². The fourth-order valence-corrected chi connectivity index (χ4v) is 2.67. The smallest absolute Gasteiger partial charge is 0.275 e. The number of anilines is 1. The van der Waals surface area contributed by atoms with Crippen molar-refractivity contribution in [3.8, 4) is 11.1 Å². The fraction of sp³-hybridized carbons (Fsp3) is 0.125. The summed E-state index contributed by atoms with van der Waals surface area (Å²) >= 11 is 1.45. The molecule has 1 N–H and O–H groups in total. The van der Waals surface area contributed by atoms with E-state index in [0.717, 1.165) is 11.2 Å². The largest absolute Gasteiger partial charge is 0.305 e. The van der Waals surface area contributed by atoms with Gasteiger partial charge in [-0.1, -0.05) is 0 Å². The number of hydrogen-bond donors (Lipinski definition) is 1. The summed E-state index contributed by atoms with van der Waals surface area (Å²) in [6.45, 7) is 3.64. The molecule has 3 rings (SSSR count). The van der Waals surface area contributed by atoms with E-state index >= 15 is 0 Å². The monoisotopic (exact) mass is 328 g/mol. The molecule has 0 spiro atoms. The van der Waals surface area contributed by atoms with Gasteiger partial charge in [-0.25, -0.2) is 14.4 Å². The summed E-state index contributed by atoms with van der Waals surface area (Å²) in [6.07, 6.45) is 2.68. The lowest BCUT2D eigenvalue weighted by Gasteiger charge is -2.07. The van der Waals surface area contributed by atoms with Crippen LogP contribution in [0.25, 0.3) is 11.1 Å². The Morgan fingerprint density at radius 2 is 1.96 bits per heavy atom. The molecule has 0 aromatic carbocycles. The molecule has 5 nitrogen and oxygen atoms in total. The summed E-state index contributed by atoms with van der Waals surface area (Å²) < 4.78 is 13.3. The number of rotatable bonds is 3. The van der Waals surface area contributed by atoms with Crippen molar-refractivity contribution in [2.45, 2.75) is 13.8 Å². The van der Waals surface area contributed by atoms with Gasteiger partial charge in [-0.15, -0.1) is 11.3 Å². The highest BCUT2D eigenvalue weighted by Crippen LogP contribution is 2.21. The SMILES string of the molecule is Cc1cc(-c2cncc(F)c2)cc(C(=O)Nc2csc(C)n2)n1. The first kappa shape index (κ1) is 15.2. The number of hydrogen-bond acceptors (Lipinski definition) is 5. The van der Waals surface area contributed by atoms with E-state index in [1.165, 1.54) is 17.4 Å². The summed E-state index contributed by atoms with van der Waals surface area (Å²) in [5.41, 5.74) is 2.18. The van der Waals surface area contributed by atoms with Gasteiger partial charge in [0.25, 0.3) is 5.91 Å². The number of thiazole rings is 1. The molecule has 3 aromatic heterocycles. The first-order chi connectivity index (χ1) is 11.0. The van der Waals surface area contributed by atoms with Crippen LogP contribution in [0.1, 0.15) is 21.2 Å². The number of nitrogens with zero attached hydrogens (tertiary/aromatic N) is 3. The van der Waals surface area contributed by atoms with Crippen LogP contribution in [0.15, 0.2) is 36.0 Å². The Balaban J connectivity index is 1.92. The van der Waals surface area contributed by atoms with E-state index in [9.17, 15) is 9.18 Å². The second-order valence-electron chi connectivity index (χ2n) is 4.98. The molecule has 3 heterocycles. The minimum Gasteiger partial charge on any atom is -0.305 e. The summed E-state index contributed by atoms with van der Waals surface area (Å²) in [5, 5.41) is 5.33. The van der Waals surface area contributed by atoms with Gasteiger partial charge in [0.2, 0.25) is 0 Å². The van der Waals surface area contributed by atoms with Crippen molar-refractivity contribution in [3.63, 3.8) is 0 Å². The summed E-state index contributed by atoms with van der Waals surface area (Å²) in [4.78, 5) is 24.6. The van der Waals surface area contributed by atoms with Crippen molar-refractivity contribution in [2.75, 3.05) is 5.32 Å². The molecule has 0 aliphatic rings. The van der Waals surface area contributed by atoms with E-state index < -0.39 is 5.82 Å². The van der Waals surface area contributed by atoms with Crippen molar-refractivity contribution >= 4 is 23.1 Å². The second kappa shape index (κ2) is 6.21. The van der Waals surface area contributed by atoms with Gasteiger partial charge in [0.1, 0.15) is 17.3 Å². The molecule has 0 aliphatic carbocycles. The van der Waals surface area contributed by atoms with Crippen molar-refractivity contribution in [1.82, 2.24) is 15.0 Å². The number of carbonyl (C=O) groups is 1. The first-order valence-corrected chi connectivity index (χ1v) is 7.72. The van der Waals surface area contributed by atoms with Gasteiger partial charge >= 0.3 is 0 Å². The minimum atomic E-state index is -0.430. The average molecular weight is 328 g/mol. The van der Waals surface area contributed by atoms with E-state index in [1.54, 1.807) is 30.6 Å². The molecule has 0 saturated carbocycles. The highest BCUT2D eigenvalue weighted by Gasteiger charge is 2.12. The van der Waals surface area contributed by atoms with Crippen LogP contribution in [0.3, 0.4) is 0 Å². The Kier molecular flexibility index (Phi) is 4.12. The maximum atomic E-state index is 13.3. The second-order valence-corrected chi connectivity index (χ2v) is 6.04. The molecule has 0 radical (unpaired) electrons. The van der Waals surface area contributed by atoms with Crippen molar-refractivity contribution < 1.29 is 9.18 Å². The highest BCUT2D eigenvalue weighted by molar-refractivity contribution is 7.09. The number of aryl methyl sites for hydroxylation is 2. The zero-order valence-electron chi connectivity index (χ0n) is 12.5. The molecule has 0 bridgehead atoms. The molecule has 0 unspecified atom stereocenters. The van der Waals surface area contributed by atoms with E-state index in [-0.39, 0.29) is 11.6 Å². The number of aromatic nitrogens is 3. The minimum absolute atomic E-state index is 0.245. The van der Waals surface area contributed by atoms with Crippen LogP contribution in [0.5, 0.6) is 0 Å². The van der Waals surface area contributed by atoms with Crippen LogP contribution in [0, 0.1) is 19.7 Å². The summed E-state index contributed by atoms with van der Waals surface area (Å²) in [5.74, 6) is -0.291. The number of amides is 1. The van der Waals surface area contributed by atoms with E-state index in [1.807, 2.05) is 6.92 Å². The third kappa shape index (κ3) is 3.57. The van der Waals surface area contributed by atoms with Gasteiger partial charge < -0.3 is 5.32 Å². The zero-order chi connectivity index (χ0) is 16.4. The summed E-state index contributed by atoms with van der Waals surface area (Å²) in [7, 11) is 0. The lowest BCUT2D eigenvalue weighted by atomic mass is 10.1. The normalized spacial score (nSPS) is 10.6. The molecule has 0 aliphatic heterocycles. The van der Waals surface area contributed by atoms with E-state index in [2.05, 4.69) is 20.3 Å². The Morgan fingerprint density at radius 3 is 2.65 bits per heavy atom. The van der Waals surface area contributed by atoms with Crippen molar-refractivity contribution in [3.05, 3.63) is 58.2 Å². The molecule has 23 heavy (non-hydrogen) atoms. The van der Waals surface area contributed by atoms with Crippen LogP contribution in [-0.4, -0.2) is 20.9 Å². The van der Waals surface area contributed by atoms with Gasteiger partial charge in [0.15, 0.2) is 0 Å². The quantitative estimate of drug-likeness (QED) is 0.797. The zero-order valence-corrected chi connectivity index (χ0v) is 13.3. The molecular weight excluding hydrogens is 315 g/mol. The molecular formula is C16H13FN4OS. The molecule has 1 amide bonds. The van der Waals surface area contributed by atoms with Gasteiger partial charge in [0.05, 0.1) is 11.2 Å². The van der Waals surface area contributed by atoms with Gasteiger partial charge in [-0.2, -0.15) is 0 Å². The molecule has 0 fully saturated rings. The Hall–Kier alpha value is -2.67. The van der Waals surface area contributed by atoms with E-state index in [0.29, 0.717) is 22.6 Å². The van der Waals surface area contributed by atoms with Gasteiger partial charge in [-0.3, -0.25) is 9.78 Å². The number of halogens is 1. The number of carbonyl (C=O) groups excluding carboxylic acids is 1. The maximum absolute atomic E-state index is 13.3. The average Bonchev–Trinajstić information content (AvgIpc) is 2.91. The van der Waals surface area contributed by atoms with Crippen LogP contribution in [0.4, 0.5) is 10.2 Å². The predicted octanol–water partition coefficient (Wildman–Crippen LogP) is 3.61. The van der Waals surface area contributed by atoms with Crippen LogP contribution in [0.2, 0.25) is 0 Å². The number of pyridine rings is 2. The van der Waals surface area contributed by atoms with Crippen molar-refractivity contribution in [1.29, 1.82) is 0 Å². The number of nitrogens with one attached hydrogen (secondary N) is 1. The maximum Gasteiger partial charge on any atom is 0.275 e. The Morgan fingerprint density at radius 1 is 1.13 bits per heavy atom. The Bertz CT molecular complexity index is 878. The fourth-order valence-electron chi connectivity index (χ4n) is 2.12. The lowest BCUT2D eigenvalue weighted by Crippen LogP contribution is -2.14. The van der Waals surface area contributed by atoms with Crippen LogP contribution in [-0.2, 0) is 0 Å². The third-order valence-corrected chi connectivity index (χ3v) is 3.86. The molecule has 0 atom stereocenters. The van der Waals surface area contributed by atoms with Crippen molar-refractivity contribution in [2.24, 2.45) is 0 Å². The van der Waals surface area contributed by atoms with Gasteiger partial charge in [0, 0.05) is 22.8 Å². The Labute approximate surface area is 136 Å². The molecule has 0 saturated heterocycles. The molecule has 7 heteroatoms. The highest BCUT2D eigenvalue weighted by atomic mass is 32.1. The standard InChI is InChI=1S/C16H13FN4OS/c1-9-3-11(12-4-13(17)7-18-6-12)5-14(19-9)16(22)21-15-8-23-10(2)20-15/h3-8H,1-2H3,(H,21,22). The lowest BCUT2D eigenvalue weighted by molar-refractivity contribution is 0.102. The van der Waals surface area contributed by atoms with E-state index in [4.69, 9.17) is 0 Å². The molecule has 116 valence electrons.